The summed E-state index contributed by atoms with van der Waals surface area (Å²) in [5, 5.41) is 12.9. The number of aromatic nitrogens is 2. The van der Waals surface area contributed by atoms with Gasteiger partial charge in [-0.25, -0.2) is 4.98 Å². The van der Waals surface area contributed by atoms with E-state index in [-0.39, 0.29) is 12.6 Å². The number of imidazole rings is 1. The van der Waals surface area contributed by atoms with Crippen molar-refractivity contribution in [2.75, 3.05) is 6.61 Å². The second-order valence-electron chi connectivity index (χ2n) is 5.15. The third-order valence-electron chi connectivity index (χ3n) is 3.66. The average Bonchev–Trinajstić information content (AvgIpc) is 2.93. The van der Waals surface area contributed by atoms with Crippen molar-refractivity contribution in [1.82, 2.24) is 14.7 Å². The fourth-order valence-corrected chi connectivity index (χ4v) is 2.48. The van der Waals surface area contributed by atoms with Gasteiger partial charge in [-0.2, -0.15) is 0 Å². The monoisotopic (exact) mass is 281 g/mol. The van der Waals surface area contributed by atoms with Gasteiger partial charge in [-0.15, -0.1) is 0 Å². The van der Waals surface area contributed by atoms with Crippen molar-refractivity contribution >= 4 is 5.65 Å². The summed E-state index contributed by atoms with van der Waals surface area (Å²) in [6.07, 6.45) is 2.04. The van der Waals surface area contributed by atoms with Crippen LogP contribution in [-0.4, -0.2) is 21.1 Å². The van der Waals surface area contributed by atoms with Crippen molar-refractivity contribution in [3.63, 3.8) is 0 Å². The van der Waals surface area contributed by atoms with E-state index in [9.17, 15) is 5.11 Å². The van der Waals surface area contributed by atoms with Crippen molar-refractivity contribution in [3.05, 3.63) is 71.7 Å². The van der Waals surface area contributed by atoms with Gasteiger partial charge in [0.2, 0.25) is 0 Å². The summed E-state index contributed by atoms with van der Waals surface area (Å²) in [5.74, 6) is 0. The molecule has 0 saturated heterocycles. The molecule has 0 bridgehead atoms. The zero-order valence-electron chi connectivity index (χ0n) is 12.0. The number of pyridine rings is 1. The number of fused-ring (bicyclic) bond motifs is 1. The Labute approximate surface area is 124 Å². The molecule has 0 spiro atoms. The molecule has 0 amide bonds. The Hall–Kier alpha value is -2.17. The maximum Gasteiger partial charge on any atom is 0.137 e. The number of aryl methyl sites for hydroxylation is 1. The highest BCUT2D eigenvalue weighted by molar-refractivity contribution is 5.41. The van der Waals surface area contributed by atoms with Crippen LogP contribution in [0.25, 0.3) is 5.65 Å². The number of nitrogens with one attached hydrogen (secondary N) is 1. The van der Waals surface area contributed by atoms with Crippen LogP contribution >= 0.6 is 0 Å². The second kappa shape index (κ2) is 6.08. The van der Waals surface area contributed by atoms with Crippen LogP contribution < -0.4 is 5.32 Å². The van der Waals surface area contributed by atoms with Crippen LogP contribution in [0.4, 0.5) is 0 Å². The number of nitrogens with zero attached hydrogens (tertiary/aromatic N) is 2. The fraction of sp³-hybridized carbons (Fsp3) is 0.235. The minimum absolute atomic E-state index is 0.0659. The molecule has 1 atom stereocenters. The molecule has 0 aliphatic heterocycles. The minimum Gasteiger partial charge on any atom is -0.394 e. The normalized spacial score (nSPS) is 12.7. The van der Waals surface area contributed by atoms with E-state index in [1.807, 2.05) is 48.7 Å². The van der Waals surface area contributed by atoms with Gasteiger partial charge in [0.05, 0.1) is 18.3 Å². The van der Waals surface area contributed by atoms with E-state index in [4.69, 9.17) is 0 Å². The quantitative estimate of drug-likeness (QED) is 0.755. The zero-order valence-corrected chi connectivity index (χ0v) is 12.0. The Morgan fingerprint density at radius 1 is 1.14 bits per heavy atom. The Morgan fingerprint density at radius 3 is 2.67 bits per heavy atom. The number of benzene rings is 1. The van der Waals surface area contributed by atoms with E-state index in [1.165, 1.54) is 0 Å². The van der Waals surface area contributed by atoms with Crippen LogP contribution in [0.15, 0.2) is 54.7 Å². The van der Waals surface area contributed by atoms with Crippen molar-refractivity contribution < 1.29 is 5.11 Å². The molecule has 0 aliphatic rings. The summed E-state index contributed by atoms with van der Waals surface area (Å²) < 4.78 is 2.08. The third kappa shape index (κ3) is 2.96. The molecule has 108 valence electrons. The molecule has 4 heteroatoms. The summed E-state index contributed by atoms with van der Waals surface area (Å²) in [4.78, 5) is 4.59. The SMILES string of the molecule is Cc1cccc2nc(CNC(CO)c3ccccc3)cn12. The zero-order chi connectivity index (χ0) is 14.7. The molecule has 2 N–H and O–H groups in total. The lowest BCUT2D eigenvalue weighted by molar-refractivity contribution is 0.243. The first-order valence-electron chi connectivity index (χ1n) is 7.10. The molecule has 4 nitrogen and oxygen atoms in total. The maximum absolute atomic E-state index is 9.55. The third-order valence-corrected chi connectivity index (χ3v) is 3.66. The lowest BCUT2D eigenvalue weighted by atomic mass is 10.1. The van der Waals surface area contributed by atoms with Crippen molar-refractivity contribution in [2.45, 2.75) is 19.5 Å². The van der Waals surface area contributed by atoms with Crippen molar-refractivity contribution in [1.29, 1.82) is 0 Å². The van der Waals surface area contributed by atoms with Crippen LogP contribution in [0.3, 0.4) is 0 Å². The molecule has 1 aromatic carbocycles. The molecule has 21 heavy (non-hydrogen) atoms. The molecular formula is C17H19N3O. The van der Waals surface area contributed by atoms with E-state index in [1.54, 1.807) is 0 Å². The van der Waals surface area contributed by atoms with Crippen LogP contribution in [-0.2, 0) is 6.54 Å². The van der Waals surface area contributed by atoms with E-state index < -0.39 is 0 Å². The summed E-state index contributed by atoms with van der Waals surface area (Å²) in [5.41, 5.74) is 4.17. The van der Waals surface area contributed by atoms with Gasteiger partial charge in [-0.05, 0) is 24.6 Å². The summed E-state index contributed by atoms with van der Waals surface area (Å²) in [7, 11) is 0. The summed E-state index contributed by atoms with van der Waals surface area (Å²) >= 11 is 0. The first-order valence-corrected chi connectivity index (χ1v) is 7.10. The molecule has 0 radical (unpaired) electrons. The maximum atomic E-state index is 9.55. The van der Waals surface area contributed by atoms with E-state index >= 15 is 0 Å². The molecule has 2 aromatic heterocycles. The molecule has 3 rings (SSSR count). The highest BCUT2D eigenvalue weighted by Crippen LogP contribution is 2.13. The summed E-state index contributed by atoms with van der Waals surface area (Å²) in [6.45, 7) is 2.75. The molecule has 0 aliphatic carbocycles. The van der Waals surface area contributed by atoms with Gasteiger partial charge in [0.15, 0.2) is 0 Å². The van der Waals surface area contributed by atoms with Gasteiger partial charge in [0, 0.05) is 18.4 Å². The van der Waals surface area contributed by atoms with Crippen LogP contribution in [0.5, 0.6) is 0 Å². The fourth-order valence-electron chi connectivity index (χ4n) is 2.48. The highest BCUT2D eigenvalue weighted by atomic mass is 16.3. The smallest absolute Gasteiger partial charge is 0.137 e. The highest BCUT2D eigenvalue weighted by Gasteiger charge is 2.10. The molecule has 3 aromatic rings. The number of hydrogen-bond donors (Lipinski definition) is 2. The predicted molar refractivity (Wildman–Crippen MR) is 83.0 cm³/mol. The molecule has 1 unspecified atom stereocenters. The lowest BCUT2D eigenvalue weighted by Crippen LogP contribution is -2.24. The molecule has 0 fully saturated rings. The van der Waals surface area contributed by atoms with E-state index in [0.29, 0.717) is 6.54 Å². The molecule has 0 saturated carbocycles. The van der Waals surface area contributed by atoms with Gasteiger partial charge >= 0.3 is 0 Å². The molecular weight excluding hydrogens is 262 g/mol. The van der Waals surface area contributed by atoms with Crippen molar-refractivity contribution in [2.24, 2.45) is 0 Å². The first kappa shape index (κ1) is 13.8. The van der Waals surface area contributed by atoms with Gasteiger partial charge < -0.3 is 14.8 Å². The van der Waals surface area contributed by atoms with Gasteiger partial charge in [0.1, 0.15) is 5.65 Å². The average molecular weight is 281 g/mol. The predicted octanol–water partition coefficient (Wildman–Crippen LogP) is 2.47. The minimum atomic E-state index is -0.0721. The topological polar surface area (TPSA) is 49.6 Å². The largest absolute Gasteiger partial charge is 0.394 e. The van der Waals surface area contributed by atoms with Gasteiger partial charge in [-0.1, -0.05) is 36.4 Å². The first-order chi connectivity index (χ1) is 10.3. The Kier molecular flexibility index (Phi) is 3.99. The number of rotatable bonds is 5. The van der Waals surface area contributed by atoms with Crippen LogP contribution in [0.1, 0.15) is 23.0 Å². The lowest BCUT2D eigenvalue weighted by Gasteiger charge is -2.15. The number of aliphatic hydroxyl groups is 1. The second-order valence-corrected chi connectivity index (χ2v) is 5.15. The summed E-state index contributed by atoms with van der Waals surface area (Å²) in [6, 6.07) is 16.0. The molecule has 2 heterocycles. The van der Waals surface area contributed by atoms with Gasteiger partial charge in [-0.3, -0.25) is 0 Å². The van der Waals surface area contributed by atoms with Gasteiger partial charge in [0.25, 0.3) is 0 Å². The van der Waals surface area contributed by atoms with Crippen molar-refractivity contribution in [3.8, 4) is 0 Å². The van der Waals surface area contributed by atoms with Crippen LogP contribution in [0, 0.1) is 6.92 Å². The standard InChI is InChI=1S/C17H19N3O/c1-13-6-5-9-17-19-15(11-20(13)17)10-18-16(12-21)14-7-3-2-4-8-14/h2-9,11,16,18,21H,10,12H2,1H3. The Balaban J connectivity index is 1.75. The van der Waals surface area contributed by atoms with E-state index in [2.05, 4.69) is 27.7 Å². The van der Waals surface area contributed by atoms with E-state index in [0.717, 1.165) is 22.6 Å². The Bertz CT molecular complexity index is 721. The number of hydrogen-bond acceptors (Lipinski definition) is 3. The number of aliphatic hydroxyl groups excluding tert-OH is 1. The Morgan fingerprint density at radius 2 is 1.95 bits per heavy atom. The van der Waals surface area contributed by atoms with Crippen LogP contribution in [0.2, 0.25) is 0 Å².